The molecule has 0 N–H and O–H groups in total. The molecule has 0 amide bonds. The van der Waals surface area contributed by atoms with E-state index in [4.69, 9.17) is 0 Å². The summed E-state index contributed by atoms with van der Waals surface area (Å²) in [7, 11) is 0. The van der Waals surface area contributed by atoms with Crippen LogP contribution >= 0.6 is 0 Å². The maximum absolute atomic E-state index is 11.4. The molecule has 0 aromatic heterocycles. The minimum atomic E-state index is -1.60. The number of unbranched alkanes of at least 4 members (excludes halogenated alkanes) is 4. The average Bonchev–Trinajstić information content (AvgIpc) is 1.87. The van der Waals surface area contributed by atoms with Crippen molar-refractivity contribution in [2.45, 2.75) is 32.6 Å². The Morgan fingerprint density at radius 3 is 2.50 bits per heavy atom. The normalized spacial score (nSPS) is 9.50. The molecule has 0 aliphatic heterocycles. The highest BCUT2D eigenvalue weighted by atomic mass is 19.3. The van der Waals surface area contributed by atoms with Crippen LogP contribution in [0, 0.1) is 6.42 Å². The number of halogens is 2. The van der Waals surface area contributed by atoms with Crippen molar-refractivity contribution in [3.8, 4) is 0 Å². The lowest BCUT2D eigenvalue weighted by Gasteiger charge is -1.92. The lowest BCUT2D eigenvalue weighted by atomic mass is 10.1. The molecule has 0 aromatic carbocycles. The van der Waals surface area contributed by atoms with Crippen LogP contribution in [0.5, 0.6) is 0 Å². The van der Waals surface area contributed by atoms with Crippen LogP contribution in [0.15, 0.2) is 12.2 Å². The van der Waals surface area contributed by atoms with Gasteiger partial charge in [-0.1, -0.05) is 26.2 Å². The maximum atomic E-state index is 11.4. The second-order valence-corrected chi connectivity index (χ2v) is 2.19. The van der Waals surface area contributed by atoms with Gasteiger partial charge in [-0.3, -0.25) is 0 Å². The van der Waals surface area contributed by atoms with Gasteiger partial charge in [-0.15, -0.1) is 0 Å². The van der Waals surface area contributed by atoms with Crippen molar-refractivity contribution in [3.63, 3.8) is 0 Å². The van der Waals surface area contributed by atoms with E-state index in [-0.39, 0.29) is 0 Å². The van der Waals surface area contributed by atoms with E-state index < -0.39 is 6.08 Å². The summed E-state index contributed by atoms with van der Waals surface area (Å²) in [6.45, 7) is 2.09. The summed E-state index contributed by atoms with van der Waals surface area (Å²) in [6.07, 6.45) is 4.83. The summed E-state index contributed by atoms with van der Waals surface area (Å²) in [5, 5.41) is 0. The Labute approximate surface area is 60.9 Å². The molecule has 0 bridgehead atoms. The smallest absolute Gasteiger partial charge is 0.174 e. The van der Waals surface area contributed by atoms with E-state index in [2.05, 4.69) is 6.92 Å². The molecule has 10 heavy (non-hydrogen) atoms. The van der Waals surface area contributed by atoms with Crippen molar-refractivity contribution >= 4 is 0 Å². The van der Waals surface area contributed by atoms with E-state index in [1.807, 2.05) is 0 Å². The zero-order valence-electron chi connectivity index (χ0n) is 6.24. The number of hydrogen-bond donors (Lipinski definition) is 0. The van der Waals surface area contributed by atoms with E-state index in [1.54, 1.807) is 0 Å². The quantitative estimate of drug-likeness (QED) is 0.521. The minimum absolute atomic E-state index is 0.769. The number of hydrogen-bond acceptors (Lipinski definition) is 0. The molecule has 0 fully saturated rings. The van der Waals surface area contributed by atoms with Crippen LogP contribution in [0.4, 0.5) is 8.78 Å². The molecule has 0 aliphatic carbocycles. The molecule has 0 aromatic rings. The zero-order valence-corrected chi connectivity index (χ0v) is 6.24. The topological polar surface area (TPSA) is 0 Å². The van der Waals surface area contributed by atoms with E-state index in [0.717, 1.165) is 31.8 Å². The molecule has 0 saturated heterocycles. The molecule has 0 unspecified atom stereocenters. The van der Waals surface area contributed by atoms with Crippen LogP contribution in [0.3, 0.4) is 0 Å². The van der Waals surface area contributed by atoms with Crippen LogP contribution < -0.4 is 0 Å². The average molecular weight is 147 g/mol. The molecular weight excluding hydrogens is 134 g/mol. The summed E-state index contributed by atoms with van der Waals surface area (Å²) >= 11 is 0. The summed E-state index contributed by atoms with van der Waals surface area (Å²) in [5.74, 6) is 0. The fourth-order valence-electron chi connectivity index (χ4n) is 0.685. The van der Waals surface area contributed by atoms with Crippen molar-refractivity contribution in [2.24, 2.45) is 0 Å². The summed E-state index contributed by atoms with van der Waals surface area (Å²) in [5.41, 5.74) is 0. The van der Waals surface area contributed by atoms with Crippen molar-refractivity contribution in [1.29, 1.82) is 0 Å². The molecule has 0 saturated carbocycles. The highest BCUT2D eigenvalue weighted by molar-refractivity contribution is 4.93. The van der Waals surface area contributed by atoms with Gasteiger partial charge in [-0.25, -0.2) is 0 Å². The number of allylic oxidation sites excluding steroid dienone is 1. The Morgan fingerprint density at radius 2 is 2.00 bits per heavy atom. The Kier molecular flexibility index (Phi) is 6.45. The van der Waals surface area contributed by atoms with Crippen molar-refractivity contribution in [2.75, 3.05) is 0 Å². The Bertz CT molecular complexity index is 93.4. The Morgan fingerprint density at radius 1 is 1.30 bits per heavy atom. The van der Waals surface area contributed by atoms with Crippen LogP contribution in [-0.2, 0) is 0 Å². The van der Waals surface area contributed by atoms with Crippen LogP contribution in [0.2, 0.25) is 0 Å². The maximum Gasteiger partial charge on any atom is 0.266 e. The van der Waals surface area contributed by atoms with Gasteiger partial charge < -0.3 is 0 Å². The highest BCUT2D eigenvalue weighted by Gasteiger charge is 1.88. The lowest BCUT2D eigenvalue weighted by molar-refractivity contribution is 0.420. The molecule has 0 heterocycles. The van der Waals surface area contributed by atoms with E-state index in [0.29, 0.717) is 0 Å². The van der Waals surface area contributed by atoms with Gasteiger partial charge in [0.15, 0.2) is 0 Å². The highest BCUT2D eigenvalue weighted by Crippen LogP contribution is 2.05. The fraction of sp³-hybridized carbons (Fsp3) is 0.625. The monoisotopic (exact) mass is 147 g/mol. The third kappa shape index (κ3) is 7.60. The van der Waals surface area contributed by atoms with E-state index in [1.165, 1.54) is 6.42 Å². The SMILES string of the molecule is CCCCC[CH]C=C(F)F. The van der Waals surface area contributed by atoms with Crippen LogP contribution in [0.1, 0.15) is 32.6 Å². The Hall–Kier alpha value is -0.400. The van der Waals surface area contributed by atoms with Gasteiger partial charge in [-0.2, -0.15) is 8.78 Å². The van der Waals surface area contributed by atoms with Gasteiger partial charge >= 0.3 is 0 Å². The first kappa shape index (κ1) is 9.60. The summed E-state index contributed by atoms with van der Waals surface area (Å²) in [6, 6.07) is 0. The molecule has 0 rings (SSSR count). The summed E-state index contributed by atoms with van der Waals surface area (Å²) < 4.78 is 22.7. The first-order valence-corrected chi connectivity index (χ1v) is 3.62. The van der Waals surface area contributed by atoms with Crippen molar-refractivity contribution in [1.82, 2.24) is 0 Å². The standard InChI is InChI=1S/C8H13F2/c1-2-3-4-5-6-7-8(9)10/h6-7H,2-5H2,1H3. The minimum Gasteiger partial charge on any atom is -0.174 e. The molecule has 1 radical (unpaired) electrons. The molecule has 0 spiro atoms. The third-order valence-electron chi connectivity index (χ3n) is 1.22. The van der Waals surface area contributed by atoms with Gasteiger partial charge in [0.25, 0.3) is 6.08 Å². The first-order chi connectivity index (χ1) is 4.77. The van der Waals surface area contributed by atoms with Crippen molar-refractivity contribution < 1.29 is 8.78 Å². The molecule has 2 heteroatoms. The van der Waals surface area contributed by atoms with E-state index in [9.17, 15) is 8.78 Å². The van der Waals surface area contributed by atoms with Gasteiger partial charge in [0.2, 0.25) is 0 Å². The first-order valence-electron chi connectivity index (χ1n) is 3.62. The molecule has 0 nitrogen and oxygen atoms in total. The molecule has 0 aliphatic rings. The largest absolute Gasteiger partial charge is 0.266 e. The molecule has 0 atom stereocenters. The van der Waals surface area contributed by atoms with Gasteiger partial charge in [0.1, 0.15) is 0 Å². The fourth-order valence-corrected chi connectivity index (χ4v) is 0.685. The second kappa shape index (κ2) is 6.72. The zero-order chi connectivity index (χ0) is 7.82. The number of rotatable bonds is 5. The summed E-state index contributed by atoms with van der Waals surface area (Å²) in [4.78, 5) is 0. The molecule has 59 valence electrons. The van der Waals surface area contributed by atoms with Crippen LogP contribution in [-0.4, -0.2) is 0 Å². The Balaban J connectivity index is 2.98. The van der Waals surface area contributed by atoms with E-state index >= 15 is 0 Å². The predicted molar refractivity (Wildman–Crippen MR) is 38.7 cm³/mol. The molecular formula is C8H13F2. The van der Waals surface area contributed by atoms with Gasteiger partial charge in [0.05, 0.1) is 0 Å². The van der Waals surface area contributed by atoms with Crippen molar-refractivity contribution in [3.05, 3.63) is 18.6 Å². The van der Waals surface area contributed by atoms with Crippen LogP contribution in [0.25, 0.3) is 0 Å². The second-order valence-electron chi connectivity index (χ2n) is 2.19. The van der Waals surface area contributed by atoms with Gasteiger partial charge in [0, 0.05) is 0 Å². The lowest BCUT2D eigenvalue weighted by Crippen LogP contribution is -1.74. The predicted octanol–water partition coefficient (Wildman–Crippen LogP) is 3.55. The third-order valence-corrected chi connectivity index (χ3v) is 1.22. The van der Waals surface area contributed by atoms with Gasteiger partial charge in [-0.05, 0) is 18.9 Å².